The molecule has 0 aliphatic heterocycles. The number of hydrogen-bond acceptors (Lipinski definition) is 4. The van der Waals surface area contributed by atoms with Crippen molar-refractivity contribution in [2.75, 3.05) is 11.5 Å². The quantitative estimate of drug-likeness (QED) is 0.341. The van der Waals surface area contributed by atoms with Crippen molar-refractivity contribution in [3.05, 3.63) is 42.5 Å². The van der Waals surface area contributed by atoms with E-state index in [9.17, 15) is 12.9 Å². The minimum atomic E-state index is -4.44. The molecule has 0 aromatic heterocycles. The van der Waals surface area contributed by atoms with Crippen molar-refractivity contribution in [2.45, 2.75) is 0 Å². The Kier molecular flexibility index (Phi) is 3.11. The fourth-order valence-electron chi connectivity index (χ4n) is 1.59. The van der Waals surface area contributed by atoms with Crippen LogP contribution in [-0.2, 0) is 3.74 Å². The maximum atomic E-state index is 12.5. The van der Waals surface area contributed by atoms with Crippen molar-refractivity contribution in [3.63, 3.8) is 0 Å². The monoisotopic (exact) mass is 308 g/mol. The Hall–Kier alpha value is -1.84. The molecule has 0 aliphatic rings. The third-order valence-corrected chi connectivity index (χ3v) is 6.69. The van der Waals surface area contributed by atoms with Crippen molar-refractivity contribution in [1.29, 1.82) is 0 Å². The number of benzene rings is 2. The molecule has 5 nitrogen and oxygen atoms in total. The molecule has 1 unspecified atom stereocenters. The number of anilines is 2. The molecule has 18 heavy (non-hydrogen) atoms. The van der Waals surface area contributed by atoms with Crippen molar-refractivity contribution >= 4 is 33.9 Å². The first-order valence-corrected chi connectivity index (χ1v) is 8.67. The van der Waals surface area contributed by atoms with Crippen molar-refractivity contribution in [1.82, 2.24) is 0 Å². The molecule has 0 heterocycles. The van der Waals surface area contributed by atoms with Gasteiger partial charge in [-0.15, -0.1) is 0 Å². The van der Waals surface area contributed by atoms with Gasteiger partial charge in [0.25, 0.3) is 0 Å². The van der Waals surface area contributed by atoms with Crippen molar-refractivity contribution in [2.24, 2.45) is 0 Å². The average molecular weight is 308 g/mol. The molecule has 2 aromatic carbocycles. The molecule has 0 saturated heterocycles. The van der Waals surface area contributed by atoms with Crippen LogP contribution in [-0.4, -0.2) is 23.0 Å². The molecule has 0 amide bonds. The molecule has 2 rings (SSSR count). The predicted octanol–water partition coefficient (Wildman–Crippen LogP) is -0.464. The number of phenols is 1. The molecular formula is C12H13AsN2O3. The van der Waals surface area contributed by atoms with Crippen LogP contribution in [0.4, 0.5) is 11.4 Å². The Bertz CT molecular complexity index is 643. The molecule has 0 saturated carbocycles. The van der Waals surface area contributed by atoms with Crippen LogP contribution in [0.1, 0.15) is 0 Å². The fourth-order valence-corrected chi connectivity index (χ4v) is 4.74. The van der Waals surface area contributed by atoms with Crippen LogP contribution >= 0.6 is 0 Å². The fraction of sp³-hybridized carbons (Fsp3) is 0. The number of nitrogen functional groups attached to an aromatic ring is 2. The maximum absolute atomic E-state index is 12.5. The van der Waals surface area contributed by atoms with Crippen molar-refractivity contribution in [3.8, 4) is 5.75 Å². The van der Waals surface area contributed by atoms with E-state index in [2.05, 4.69) is 0 Å². The molecule has 2 aromatic rings. The number of rotatable bonds is 2. The molecular weight excluding hydrogens is 295 g/mol. The summed E-state index contributed by atoms with van der Waals surface area (Å²) in [7, 11) is 0. The van der Waals surface area contributed by atoms with Crippen molar-refractivity contribution < 1.29 is 12.9 Å². The van der Waals surface area contributed by atoms with E-state index < -0.39 is 13.8 Å². The molecule has 0 bridgehead atoms. The van der Waals surface area contributed by atoms with E-state index in [4.69, 9.17) is 11.5 Å². The van der Waals surface area contributed by atoms with E-state index in [-0.39, 0.29) is 15.8 Å². The van der Waals surface area contributed by atoms with Gasteiger partial charge in [0.1, 0.15) is 0 Å². The molecule has 0 radical (unpaired) electrons. The summed E-state index contributed by atoms with van der Waals surface area (Å²) in [6, 6.07) is 10.3. The summed E-state index contributed by atoms with van der Waals surface area (Å²) in [4.78, 5) is 0. The molecule has 6 N–H and O–H groups in total. The van der Waals surface area contributed by atoms with Crippen LogP contribution in [0.3, 0.4) is 0 Å². The molecule has 0 spiro atoms. The number of phenolic OH excluding ortho intramolecular Hbond substituents is 1. The van der Waals surface area contributed by atoms with Gasteiger partial charge in [-0.25, -0.2) is 0 Å². The Morgan fingerprint density at radius 3 is 2.28 bits per heavy atom. The second kappa shape index (κ2) is 4.44. The normalized spacial score (nSPS) is 14.1. The summed E-state index contributed by atoms with van der Waals surface area (Å²) < 4.78 is 23.2. The zero-order valence-electron chi connectivity index (χ0n) is 9.45. The van der Waals surface area contributed by atoms with E-state index in [1.165, 1.54) is 24.3 Å². The topological polar surface area (TPSA) is 110 Å². The Morgan fingerprint density at radius 2 is 1.67 bits per heavy atom. The Morgan fingerprint density at radius 1 is 1.00 bits per heavy atom. The first-order valence-electron chi connectivity index (χ1n) is 5.19. The zero-order valence-corrected chi connectivity index (χ0v) is 11.3. The van der Waals surface area contributed by atoms with E-state index in [1.807, 2.05) is 0 Å². The van der Waals surface area contributed by atoms with Crippen LogP contribution in [0.15, 0.2) is 42.5 Å². The van der Waals surface area contributed by atoms with Gasteiger partial charge in [0, 0.05) is 0 Å². The molecule has 94 valence electrons. The third kappa shape index (κ3) is 2.23. The Labute approximate surface area is 107 Å². The number of nitrogens with two attached hydrogens (primary N) is 2. The van der Waals surface area contributed by atoms with Gasteiger partial charge in [-0.05, 0) is 0 Å². The summed E-state index contributed by atoms with van der Waals surface area (Å²) in [5.41, 5.74) is 11.6. The van der Waals surface area contributed by atoms with Gasteiger partial charge in [-0.1, -0.05) is 0 Å². The van der Waals surface area contributed by atoms with Gasteiger partial charge in [0.05, 0.1) is 0 Å². The van der Waals surface area contributed by atoms with Gasteiger partial charge in [0.2, 0.25) is 0 Å². The summed E-state index contributed by atoms with van der Waals surface area (Å²) >= 11 is -4.44. The predicted molar refractivity (Wildman–Crippen MR) is 71.3 cm³/mol. The van der Waals surface area contributed by atoms with Crippen LogP contribution in [0.5, 0.6) is 5.75 Å². The van der Waals surface area contributed by atoms with E-state index >= 15 is 0 Å². The molecule has 1 atom stereocenters. The van der Waals surface area contributed by atoms with Gasteiger partial charge in [0.15, 0.2) is 0 Å². The minimum absolute atomic E-state index is 0.0760. The number of aromatic hydroxyl groups is 1. The standard InChI is InChI=1S/C12H13AsN2O3/c14-10-3-1-2-8(6-10)13(17,18)9-4-5-12(16)11(15)7-9/h1-7,16H,14-15H2,(H,17,18). The van der Waals surface area contributed by atoms with Crippen LogP contribution < -0.4 is 20.2 Å². The molecule has 6 heteroatoms. The first-order chi connectivity index (χ1) is 8.41. The zero-order chi connectivity index (χ0) is 13.3. The van der Waals surface area contributed by atoms with E-state index in [0.717, 1.165) is 0 Å². The van der Waals surface area contributed by atoms with Gasteiger partial charge < -0.3 is 0 Å². The Balaban J connectivity index is 2.54. The summed E-state index contributed by atoms with van der Waals surface area (Å²) in [5, 5.41) is 9.31. The summed E-state index contributed by atoms with van der Waals surface area (Å²) in [6.45, 7) is 0. The molecule has 0 fully saturated rings. The third-order valence-electron chi connectivity index (χ3n) is 2.58. The van der Waals surface area contributed by atoms with Crippen LogP contribution in [0, 0.1) is 0 Å². The number of hydrogen-bond donors (Lipinski definition) is 4. The van der Waals surface area contributed by atoms with E-state index in [0.29, 0.717) is 10.0 Å². The van der Waals surface area contributed by atoms with Gasteiger partial charge in [-0.2, -0.15) is 0 Å². The van der Waals surface area contributed by atoms with Gasteiger partial charge >= 0.3 is 107 Å². The van der Waals surface area contributed by atoms with Gasteiger partial charge in [-0.3, -0.25) is 0 Å². The average Bonchev–Trinajstić information content (AvgIpc) is 2.32. The summed E-state index contributed by atoms with van der Waals surface area (Å²) in [5.74, 6) is -0.109. The SMILES string of the molecule is Nc1cccc([As](=O)(O)c2ccc(O)c(N)c2)c1. The second-order valence-electron chi connectivity index (χ2n) is 3.91. The molecule has 0 aliphatic carbocycles. The van der Waals surface area contributed by atoms with E-state index in [1.54, 1.807) is 18.2 Å². The summed E-state index contributed by atoms with van der Waals surface area (Å²) in [6.07, 6.45) is 0. The van der Waals surface area contributed by atoms with Crippen LogP contribution in [0.2, 0.25) is 0 Å². The van der Waals surface area contributed by atoms with Crippen LogP contribution in [0.25, 0.3) is 0 Å². The first kappa shape index (κ1) is 12.6. The second-order valence-corrected chi connectivity index (χ2v) is 8.50.